The summed E-state index contributed by atoms with van der Waals surface area (Å²) in [5, 5.41) is 4.08. The van der Waals surface area contributed by atoms with Gasteiger partial charge >= 0.3 is 6.18 Å². The molecule has 0 saturated carbocycles. The number of amides is 1. The van der Waals surface area contributed by atoms with E-state index >= 15 is 0 Å². The number of carbonyl (C=O) groups excluding carboxylic acids is 1. The predicted octanol–water partition coefficient (Wildman–Crippen LogP) is 6.21. The molecule has 0 spiro atoms. The van der Waals surface area contributed by atoms with Crippen LogP contribution in [0.25, 0.3) is 11.1 Å². The standard InChI is InChI=1S/C26H26ClF3N4OS/c1-3-24(35)33-13-20(19-11-23(27)36-22(19)15-33)17-8-4-5-9-18(17)21-14-34(31-25(21)26(28,29)30)16-7-6-10-32(2)12-16/h3-5,8-9,11,14,16,20H,1,6-7,10,12-13,15H2,2H3/t16?,20-/m0/s1. The Labute approximate surface area is 216 Å². The summed E-state index contributed by atoms with van der Waals surface area (Å²) in [5.41, 5.74) is 1.29. The SMILES string of the molecule is C=CC(=O)N1Cc2sc(Cl)cc2[C@H](c2ccccc2-c2cn(C3CCCN(C)C3)nc2C(F)(F)F)C1. The lowest BCUT2D eigenvalue weighted by Gasteiger charge is -2.33. The Morgan fingerprint density at radius 3 is 2.72 bits per heavy atom. The molecule has 3 aromatic rings. The number of likely N-dealkylation sites (tertiary alicyclic amines) is 1. The molecule has 190 valence electrons. The van der Waals surface area contributed by atoms with Gasteiger partial charge in [-0.1, -0.05) is 42.4 Å². The second-order valence-corrected chi connectivity index (χ2v) is 11.2. The van der Waals surface area contributed by atoms with Crippen LogP contribution in [0.15, 0.2) is 49.2 Å². The first-order chi connectivity index (χ1) is 17.2. The van der Waals surface area contributed by atoms with Gasteiger partial charge in [-0.2, -0.15) is 18.3 Å². The summed E-state index contributed by atoms with van der Waals surface area (Å²) in [4.78, 5) is 17.2. The fourth-order valence-electron chi connectivity index (χ4n) is 5.33. The van der Waals surface area contributed by atoms with Crippen molar-refractivity contribution in [2.75, 3.05) is 26.7 Å². The zero-order chi connectivity index (χ0) is 25.6. The van der Waals surface area contributed by atoms with Gasteiger partial charge in [0.2, 0.25) is 5.91 Å². The Bertz CT molecular complexity index is 1300. The molecule has 1 unspecified atom stereocenters. The molecular formula is C26H26ClF3N4OS. The molecule has 0 aliphatic carbocycles. The number of halogens is 4. The summed E-state index contributed by atoms with van der Waals surface area (Å²) in [5.74, 6) is -0.555. The lowest BCUT2D eigenvalue weighted by atomic mass is 9.84. The summed E-state index contributed by atoms with van der Waals surface area (Å²) in [6.07, 6.45) is -0.116. The summed E-state index contributed by atoms with van der Waals surface area (Å²) < 4.78 is 44.8. The highest BCUT2D eigenvalue weighted by molar-refractivity contribution is 7.16. The zero-order valence-corrected chi connectivity index (χ0v) is 21.3. The topological polar surface area (TPSA) is 41.4 Å². The summed E-state index contributed by atoms with van der Waals surface area (Å²) >= 11 is 7.73. The average molecular weight is 535 g/mol. The normalized spacial score (nSPS) is 20.9. The summed E-state index contributed by atoms with van der Waals surface area (Å²) in [7, 11) is 1.97. The number of hydrogen-bond donors (Lipinski definition) is 0. The molecule has 4 heterocycles. The van der Waals surface area contributed by atoms with E-state index in [-0.39, 0.29) is 23.4 Å². The van der Waals surface area contributed by atoms with Gasteiger partial charge in [0.15, 0.2) is 5.69 Å². The lowest BCUT2D eigenvalue weighted by molar-refractivity contribution is -0.141. The number of nitrogens with zero attached hydrogens (tertiary/aromatic N) is 4. The first-order valence-corrected chi connectivity index (χ1v) is 13.0. The molecule has 1 fully saturated rings. The zero-order valence-electron chi connectivity index (χ0n) is 19.8. The fourth-order valence-corrected chi connectivity index (χ4v) is 6.69. The number of aromatic nitrogens is 2. The highest BCUT2D eigenvalue weighted by Crippen LogP contribution is 2.45. The maximum Gasteiger partial charge on any atom is 0.435 e. The number of carbonyl (C=O) groups is 1. The molecule has 2 atom stereocenters. The van der Waals surface area contributed by atoms with Crippen molar-refractivity contribution in [2.24, 2.45) is 0 Å². The van der Waals surface area contributed by atoms with E-state index < -0.39 is 11.9 Å². The van der Waals surface area contributed by atoms with E-state index in [1.54, 1.807) is 23.2 Å². The highest BCUT2D eigenvalue weighted by atomic mass is 35.5. The third kappa shape index (κ3) is 4.71. The monoisotopic (exact) mass is 534 g/mol. The van der Waals surface area contributed by atoms with Crippen LogP contribution >= 0.6 is 22.9 Å². The van der Waals surface area contributed by atoms with Crippen LogP contribution in [-0.2, 0) is 17.5 Å². The maximum atomic E-state index is 14.3. The van der Waals surface area contributed by atoms with Gasteiger partial charge < -0.3 is 9.80 Å². The number of rotatable bonds is 4. The van der Waals surface area contributed by atoms with Crippen LogP contribution in [0.1, 0.15) is 46.5 Å². The van der Waals surface area contributed by atoms with E-state index in [1.165, 1.54) is 22.1 Å². The second-order valence-electron chi connectivity index (χ2n) is 9.42. The molecule has 2 aliphatic heterocycles. The number of thiophene rings is 1. The van der Waals surface area contributed by atoms with Gasteiger partial charge in [-0.05, 0) is 55.3 Å². The third-order valence-corrected chi connectivity index (χ3v) is 8.28. The van der Waals surface area contributed by atoms with Crippen molar-refractivity contribution in [2.45, 2.75) is 37.5 Å². The summed E-state index contributed by atoms with van der Waals surface area (Å²) in [6.45, 7) is 5.90. The van der Waals surface area contributed by atoms with Crippen LogP contribution in [-0.4, -0.2) is 52.2 Å². The number of hydrogen-bond acceptors (Lipinski definition) is 4. The van der Waals surface area contributed by atoms with E-state index in [0.29, 0.717) is 35.1 Å². The fraction of sp³-hybridized carbons (Fsp3) is 0.385. The summed E-state index contributed by atoms with van der Waals surface area (Å²) in [6, 6.07) is 8.84. The van der Waals surface area contributed by atoms with Crippen molar-refractivity contribution in [3.8, 4) is 11.1 Å². The van der Waals surface area contributed by atoms with Crippen molar-refractivity contribution in [1.82, 2.24) is 19.6 Å². The van der Waals surface area contributed by atoms with E-state index in [0.717, 1.165) is 29.8 Å². The molecule has 36 heavy (non-hydrogen) atoms. The number of likely N-dealkylation sites (N-methyl/N-ethyl adjacent to an activating group) is 1. The van der Waals surface area contributed by atoms with Gasteiger partial charge in [-0.25, -0.2) is 0 Å². The second kappa shape index (κ2) is 9.68. The van der Waals surface area contributed by atoms with E-state index in [4.69, 9.17) is 11.6 Å². The number of alkyl halides is 3. The lowest BCUT2D eigenvalue weighted by Crippen LogP contribution is -2.37. The van der Waals surface area contributed by atoms with Crippen LogP contribution in [0.2, 0.25) is 4.34 Å². The van der Waals surface area contributed by atoms with E-state index in [2.05, 4.69) is 16.6 Å². The first-order valence-electron chi connectivity index (χ1n) is 11.8. The molecular weight excluding hydrogens is 509 g/mol. The largest absolute Gasteiger partial charge is 0.435 e. The number of fused-ring (bicyclic) bond motifs is 1. The van der Waals surface area contributed by atoms with Gasteiger partial charge in [-0.15, -0.1) is 11.3 Å². The molecule has 2 aromatic heterocycles. The molecule has 0 radical (unpaired) electrons. The number of piperidine rings is 1. The van der Waals surface area contributed by atoms with Crippen molar-refractivity contribution in [3.05, 3.63) is 75.2 Å². The molecule has 2 aliphatic rings. The van der Waals surface area contributed by atoms with Crippen LogP contribution in [0.4, 0.5) is 13.2 Å². The number of benzene rings is 1. The minimum atomic E-state index is -4.61. The Hall–Kier alpha value is -2.62. The minimum Gasteiger partial charge on any atom is -0.333 e. The van der Waals surface area contributed by atoms with Crippen molar-refractivity contribution in [1.29, 1.82) is 0 Å². The smallest absolute Gasteiger partial charge is 0.333 e. The van der Waals surface area contributed by atoms with Gasteiger partial charge in [0.25, 0.3) is 0 Å². The molecule has 1 aromatic carbocycles. The molecule has 0 N–H and O–H groups in total. The van der Waals surface area contributed by atoms with Crippen molar-refractivity contribution < 1.29 is 18.0 Å². The first kappa shape index (κ1) is 25.0. The van der Waals surface area contributed by atoms with Crippen molar-refractivity contribution >= 4 is 28.8 Å². The van der Waals surface area contributed by atoms with E-state index in [9.17, 15) is 18.0 Å². The Morgan fingerprint density at radius 1 is 1.22 bits per heavy atom. The van der Waals surface area contributed by atoms with Gasteiger partial charge in [0.1, 0.15) is 0 Å². The van der Waals surface area contributed by atoms with Crippen LogP contribution in [0.5, 0.6) is 0 Å². The van der Waals surface area contributed by atoms with Gasteiger partial charge in [0, 0.05) is 35.6 Å². The minimum absolute atomic E-state index is 0.0568. The Kier molecular flexibility index (Phi) is 6.74. The molecule has 0 bridgehead atoms. The third-order valence-electron chi connectivity index (χ3n) is 7.01. The van der Waals surface area contributed by atoms with Crippen LogP contribution < -0.4 is 0 Å². The molecule has 10 heteroatoms. The Balaban J connectivity index is 1.63. The van der Waals surface area contributed by atoms with Gasteiger partial charge in [-0.3, -0.25) is 9.48 Å². The van der Waals surface area contributed by atoms with Crippen LogP contribution in [0, 0.1) is 0 Å². The molecule has 5 nitrogen and oxygen atoms in total. The molecule has 1 saturated heterocycles. The van der Waals surface area contributed by atoms with Crippen molar-refractivity contribution in [3.63, 3.8) is 0 Å². The highest BCUT2D eigenvalue weighted by Gasteiger charge is 2.40. The molecule has 1 amide bonds. The Morgan fingerprint density at radius 2 is 2.00 bits per heavy atom. The average Bonchev–Trinajstić information content (AvgIpc) is 3.46. The quantitative estimate of drug-likeness (QED) is 0.374. The predicted molar refractivity (Wildman–Crippen MR) is 135 cm³/mol. The van der Waals surface area contributed by atoms with Gasteiger partial charge in [0.05, 0.1) is 16.9 Å². The maximum absolute atomic E-state index is 14.3. The van der Waals surface area contributed by atoms with Crippen LogP contribution in [0.3, 0.4) is 0 Å². The van der Waals surface area contributed by atoms with E-state index in [1.807, 2.05) is 25.2 Å². The molecule has 5 rings (SSSR count).